The number of hydrogen-bond donors (Lipinski definition) is 2. The number of benzene rings is 2. The Morgan fingerprint density at radius 2 is 0.957 bits per heavy atom. The summed E-state index contributed by atoms with van der Waals surface area (Å²) in [5, 5.41) is 20.3. The minimum absolute atomic E-state index is 0.0131. The molecule has 0 aliphatic heterocycles. The molecule has 0 atom stereocenters. The minimum atomic E-state index is -3.86. The van der Waals surface area contributed by atoms with Crippen LogP contribution >= 0.6 is 0 Å². The maximum Gasteiger partial charge on any atom is 0.207 e. The zero-order chi connectivity index (χ0) is 17.7. The Balaban J connectivity index is 2.91. The van der Waals surface area contributed by atoms with Crippen LogP contribution in [0.4, 0.5) is 0 Å². The molecule has 0 aliphatic carbocycles. The smallest absolute Gasteiger partial charge is 0.207 e. The molecule has 124 valence electrons. The molecule has 0 aliphatic rings. The predicted molar refractivity (Wildman–Crippen MR) is 90.1 cm³/mol. The lowest BCUT2D eigenvalue weighted by Gasteiger charge is -2.18. The van der Waals surface area contributed by atoms with Gasteiger partial charge in [-0.05, 0) is 63.8 Å². The summed E-state index contributed by atoms with van der Waals surface area (Å²) in [7, 11) is -3.86. The van der Waals surface area contributed by atoms with Crippen LogP contribution in [0.15, 0.2) is 21.9 Å². The Morgan fingerprint density at radius 1 is 0.652 bits per heavy atom. The summed E-state index contributed by atoms with van der Waals surface area (Å²) in [6, 6.07) is 3.32. The van der Waals surface area contributed by atoms with E-state index >= 15 is 0 Å². The molecule has 2 aromatic carbocycles. The zero-order valence-corrected chi connectivity index (χ0v) is 15.1. The summed E-state index contributed by atoms with van der Waals surface area (Å²) in [6.45, 7) is 10.1. The molecule has 0 fully saturated rings. The molecule has 0 unspecified atom stereocenters. The van der Waals surface area contributed by atoms with Gasteiger partial charge in [0.1, 0.15) is 11.5 Å². The standard InChI is InChI=1S/C18H22O4S/c1-9-7-11(3)17(13(5)15(9)19)23(21,22)18-12(4)8-10(2)16(20)14(18)6/h7-8,19-20H,1-6H3. The lowest BCUT2D eigenvalue weighted by atomic mass is 10.1. The Morgan fingerprint density at radius 3 is 1.26 bits per heavy atom. The van der Waals surface area contributed by atoms with Gasteiger partial charge in [-0.1, -0.05) is 12.1 Å². The van der Waals surface area contributed by atoms with Crippen molar-refractivity contribution in [3.8, 4) is 11.5 Å². The van der Waals surface area contributed by atoms with Gasteiger partial charge in [0.25, 0.3) is 0 Å². The second-order valence-corrected chi connectivity index (χ2v) is 7.95. The van der Waals surface area contributed by atoms with Gasteiger partial charge in [0, 0.05) is 11.1 Å². The minimum Gasteiger partial charge on any atom is -0.507 e. The molecule has 4 nitrogen and oxygen atoms in total. The van der Waals surface area contributed by atoms with Crippen molar-refractivity contribution >= 4 is 9.84 Å². The summed E-state index contributed by atoms with van der Waals surface area (Å²) in [5.74, 6) is -0.0263. The van der Waals surface area contributed by atoms with Crippen LogP contribution in [0.3, 0.4) is 0 Å². The lowest BCUT2D eigenvalue weighted by Crippen LogP contribution is -2.11. The van der Waals surface area contributed by atoms with E-state index in [0.29, 0.717) is 33.4 Å². The molecule has 2 aromatic rings. The van der Waals surface area contributed by atoms with Crippen LogP contribution in [0.5, 0.6) is 11.5 Å². The van der Waals surface area contributed by atoms with Crippen LogP contribution in [0.2, 0.25) is 0 Å². The van der Waals surface area contributed by atoms with E-state index in [2.05, 4.69) is 0 Å². The fourth-order valence-electron chi connectivity index (χ4n) is 3.24. The van der Waals surface area contributed by atoms with Gasteiger partial charge in [0.15, 0.2) is 0 Å². The molecule has 0 saturated heterocycles. The molecule has 0 amide bonds. The van der Waals surface area contributed by atoms with Crippen molar-refractivity contribution in [1.82, 2.24) is 0 Å². The topological polar surface area (TPSA) is 74.6 Å². The van der Waals surface area contributed by atoms with Crippen LogP contribution in [0.1, 0.15) is 33.4 Å². The first-order valence-electron chi connectivity index (χ1n) is 7.34. The third-order valence-corrected chi connectivity index (χ3v) is 6.59. The quantitative estimate of drug-likeness (QED) is 0.876. The highest BCUT2D eigenvalue weighted by atomic mass is 32.2. The molecule has 23 heavy (non-hydrogen) atoms. The average Bonchev–Trinajstić information content (AvgIpc) is 2.41. The van der Waals surface area contributed by atoms with Crippen molar-refractivity contribution in [1.29, 1.82) is 0 Å². The van der Waals surface area contributed by atoms with E-state index in [0.717, 1.165) is 0 Å². The molecule has 0 saturated carbocycles. The van der Waals surface area contributed by atoms with Crippen molar-refractivity contribution in [3.63, 3.8) is 0 Å². The van der Waals surface area contributed by atoms with E-state index in [9.17, 15) is 18.6 Å². The van der Waals surface area contributed by atoms with E-state index in [4.69, 9.17) is 0 Å². The Labute approximate surface area is 137 Å². The largest absolute Gasteiger partial charge is 0.507 e. The fourth-order valence-corrected chi connectivity index (χ4v) is 5.41. The summed E-state index contributed by atoms with van der Waals surface area (Å²) >= 11 is 0. The highest BCUT2D eigenvalue weighted by Gasteiger charge is 2.29. The van der Waals surface area contributed by atoms with Crippen molar-refractivity contribution in [2.24, 2.45) is 0 Å². The van der Waals surface area contributed by atoms with Gasteiger partial charge in [-0.2, -0.15) is 0 Å². The third kappa shape index (κ3) is 2.59. The normalized spacial score (nSPS) is 11.7. The van der Waals surface area contributed by atoms with E-state index < -0.39 is 9.84 Å². The van der Waals surface area contributed by atoms with Gasteiger partial charge >= 0.3 is 0 Å². The first-order chi connectivity index (χ1) is 10.5. The van der Waals surface area contributed by atoms with Gasteiger partial charge < -0.3 is 10.2 Å². The second kappa shape index (κ2) is 5.57. The molecule has 2 rings (SSSR count). The number of sulfone groups is 1. The van der Waals surface area contributed by atoms with Crippen molar-refractivity contribution in [2.45, 2.75) is 51.3 Å². The number of phenolic OH excluding ortho intramolecular Hbond substituents is 2. The zero-order valence-electron chi connectivity index (χ0n) is 14.3. The SMILES string of the molecule is Cc1cc(C)c(S(=O)(=O)c2c(C)cc(C)c(O)c2C)c(C)c1O. The predicted octanol–water partition coefficient (Wildman–Crippen LogP) is 3.78. The van der Waals surface area contributed by atoms with Crippen molar-refractivity contribution in [2.75, 3.05) is 0 Å². The maximum absolute atomic E-state index is 13.2. The van der Waals surface area contributed by atoms with Crippen molar-refractivity contribution < 1.29 is 18.6 Å². The van der Waals surface area contributed by atoms with Crippen LogP contribution in [0, 0.1) is 41.5 Å². The molecule has 0 spiro atoms. The number of aryl methyl sites for hydroxylation is 4. The highest BCUT2D eigenvalue weighted by Crippen LogP contribution is 2.39. The summed E-state index contributed by atoms with van der Waals surface area (Å²) in [4.78, 5) is 0.213. The lowest BCUT2D eigenvalue weighted by molar-refractivity contribution is 0.462. The van der Waals surface area contributed by atoms with Crippen LogP contribution < -0.4 is 0 Å². The molecule has 2 N–H and O–H groups in total. The first kappa shape index (κ1) is 17.3. The number of rotatable bonds is 2. The molecule has 5 heteroatoms. The van der Waals surface area contributed by atoms with E-state index in [1.54, 1.807) is 53.7 Å². The second-order valence-electron chi connectivity index (χ2n) is 6.13. The fraction of sp³-hybridized carbons (Fsp3) is 0.333. The Kier molecular flexibility index (Phi) is 4.20. The number of hydrogen-bond acceptors (Lipinski definition) is 4. The van der Waals surface area contributed by atoms with Gasteiger partial charge in [0.2, 0.25) is 9.84 Å². The Hall–Kier alpha value is -2.01. The first-order valence-corrected chi connectivity index (χ1v) is 8.83. The van der Waals surface area contributed by atoms with Gasteiger partial charge in [-0.25, -0.2) is 8.42 Å². The molecule has 0 aromatic heterocycles. The number of aromatic hydroxyl groups is 2. The number of phenols is 2. The monoisotopic (exact) mass is 334 g/mol. The van der Waals surface area contributed by atoms with Gasteiger partial charge in [0.05, 0.1) is 9.79 Å². The maximum atomic E-state index is 13.2. The molecule has 0 heterocycles. The molecule has 0 bridgehead atoms. The summed E-state index contributed by atoms with van der Waals surface area (Å²) in [5.41, 5.74) is 3.11. The van der Waals surface area contributed by atoms with Crippen LogP contribution in [-0.2, 0) is 9.84 Å². The molecular formula is C18H22O4S. The summed E-state index contributed by atoms with van der Waals surface area (Å²) in [6.07, 6.45) is 0. The molecular weight excluding hydrogens is 312 g/mol. The van der Waals surface area contributed by atoms with Crippen molar-refractivity contribution in [3.05, 3.63) is 45.5 Å². The van der Waals surface area contributed by atoms with Crippen LogP contribution in [0.25, 0.3) is 0 Å². The highest BCUT2D eigenvalue weighted by molar-refractivity contribution is 7.91. The average molecular weight is 334 g/mol. The Bertz CT molecular complexity index is 840. The molecule has 0 radical (unpaired) electrons. The van der Waals surface area contributed by atoms with Crippen LogP contribution in [-0.4, -0.2) is 18.6 Å². The third-order valence-electron chi connectivity index (χ3n) is 4.26. The van der Waals surface area contributed by atoms with E-state index in [-0.39, 0.29) is 21.3 Å². The van der Waals surface area contributed by atoms with Gasteiger partial charge in [-0.3, -0.25) is 0 Å². The van der Waals surface area contributed by atoms with E-state index in [1.165, 1.54) is 0 Å². The van der Waals surface area contributed by atoms with Gasteiger partial charge in [-0.15, -0.1) is 0 Å². The van der Waals surface area contributed by atoms with E-state index in [1.807, 2.05) is 0 Å². The summed E-state index contributed by atoms with van der Waals surface area (Å²) < 4.78 is 26.4.